The predicted octanol–water partition coefficient (Wildman–Crippen LogP) is 1.62. The number of thiazole rings is 1. The van der Waals surface area contributed by atoms with Crippen LogP contribution in [-0.2, 0) is 16.0 Å². The molecule has 1 saturated heterocycles. The minimum Gasteiger partial charge on any atom is -0.478 e. The molecule has 0 bridgehead atoms. The zero-order valence-corrected chi connectivity index (χ0v) is 15.9. The van der Waals surface area contributed by atoms with Crippen molar-refractivity contribution in [3.63, 3.8) is 0 Å². The molecule has 0 spiro atoms. The van der Waals surface area contributed by atoms with Crippen LogP contribution >= 0.6 is 11.3 Å². The Balaban J connectivity index is 1.70. The zero-order chi connectivity index (χ0) is 19.0. The quantitative estimate of drug-likeness (QED) is 0.800. The number of anilines is 3. The number of likely N-dealkylation sites (N-methyl/N-ethyl adjacent to an activating group) is 1. The molecule has 0 radical (unpaired) electrons. The number of carboxylic acid groups (broad SMARTS) is 1. The molecule has 2 aromatic rings. The Morgan fingerprint density at radius 2 is 2.26 bits per heavy atom. The van der Waals surface area contributed by atoms with E-state index in [2.05, 4.69) is 15.2 Å². The summed E-state index contributed by atoms with van der Waals surface area (Å²) in [7, 11) is 3.66. The lowest BCUT2D eigenvalue weighted by Crippen LogP contribution is -2.37. The first-order valence-corrected chi connectivity index (χ1v) is 9.56. The number of rotatable bonds is 5. The van der Waals surface area contributed by atoms with Crippen molar-refractivity contribution < 1.29 is 14.6 Å². The van der Waals surface area contributed by atoms with Crippen LogP contribution in [0.2, 0.25) is 0 Å². The van der Waals surface area contributed by atoms with Crippen molar-refractivity contribution in [1.82, 2.24) is 15.3 Å². The first-order valence-electron chi connectivity index (χ1n) is 8.68. The molecule has 0 amide bonds. The summed E-state index contributed by atoms with van der Waals surface area (Å²) in [6.07, 6.45) is 3.77. The van der Waals surface area contributed by atoms with Gasteiger partial charge in [-0.25, -0.2) is 14.8 Å². The fourth-order valence-corrected chi connectivity index (χ4v) is 4.16. The third-order valence-corrected chi connectivity index (χ3v) is 5.77. The van der Waals surface area contributed by atoms with E-state index in [-0.39, 0.29) is 12.1 Å². The van der Waals surface area contributed by atoms with Gasteiger partial charge >= 0.3 is 5.97 Å². The largest absolute Gasteiger partial charge is 0.478 e. The van der Waals surface area contributed by atoms with Crippen LogP contribution in [0, 0.1) is 0 Å². The lowest BCUT2D eigenvalue weighted by Gasteiger charge is -2.27. The highest BCUT2D eigenvalue weighted by Gasteiger charge is 2.33. The minimum atomic E-state index is -0.925. The van der Waals surface area contributed by atoms with E-state index in [1.165, 1.54) is 11.3 Å². The molecule has 0 aromatic carbocycles. The lowest BCUT2D eigenvalue weighted by molar-refractivity contribution is -0.132. The highest BCUT2D eigenvalue weighted by Crippen LogP contribution is 2.36. The Morgan fingerprint density at radius 1 is 1.41 bits per heavy atom. The van der Waals surface area contributed by atoms with Gasteiger partial charge in [-0.05, 0) is 13.1 Å². The maximum Gasteiger partial charge on any atom is 0.333 e. The maximum atomic E-state index is 11.5. The van der Waals surface area contributed by atoms with Crippen molar-refractivity contribution in [3.8, 4) is 0 Å². The monoisotopic (exact) mass is 387 g/mol. The van der Waals surface area contributed by atoms with Crippen molar-refractivity contribution in [2.24, 2.45) is 0 Å². The summed E-state index contributed by atoms with van der Waals surface area (Å²) in [6, 6.07) is 4.15. The van der Waals surface area contributed by atoms with Crippen molar-refractivity contribution >= 4 is 34.1 Å². The summed E-state index contributed by atoms with van der Waals surface area (Å²) in [5.74, 6) is 0.655. The van der Waals surface area contributed by atoms with E-state index in [9.17, 15) is 9.90 Å². The number of fused-ring (bicyclic) bond motifs is 1. The minimum absolute atomic E-state index is 0.0985. The summed E-state index contributed by atoms with van der Waals surface area (Å²) in [6.45, 7) is 1.55. The van der Waals surface area contributed by atoms with Gasteiger partial charge in [0, 0.05) is 50.0 Å². The predicted molar refractivity (Wildman–Crippen MR) is 104 cm³/mol. The molecule has 0 unspecified atom stereocenters. The topological polar surface area (TPSA) is 90.8 Å². The third kappa shape index (κ3) is 3.29. The summed E-state index contributed by atoms with van der Waals surface area (Å²) in [5, 5.41) is 15.3. The smallest absolute Gasteiger partial charge is 0.333 e. The summed E-state index contributed by atoms with van der Waals surface area (Å²) in [5.41, 5.74) is 1.20. The van der Waals surface area contributed by atoms with Gasteiger partial charge in [0.2, 0.25) is 0 Å². The second kappa shape index (κ2) is 7.26. The molecule has 0 aliphatic carbocycles. The lowest BCUT2D eigenvalue weighted by atomic mass is 10.0. The molecule has 2 N–H and O–H groups in total. The number of nitrogens with zero attached hydrogens (tertiary/aromatic N) is 4. The molecule has 2 aliphatic heterocycles. The van der Waals surface area contributed by atoms with Crippen molar-refractivity contribution in [2.75, 3.05) is 37.0 Å². The average Bonchev–Trinajstić information content (AvgIpc) is 3.36. The van der Waals surface area contributed by atoms with Crippen LogP contribution in [0.4, 0.5) is 16.8 Å². The molecule has 4 rings (SSSR count). The van der Waals surface area contributed by atoms with Gasteiger partial charge < -0.3 is 20.1 Å². The van der Waals surface area contributed by atoms with Crippen LogP contribution in [0.25, 0.3) is 0 Å². The van der Waals surface area contributed by atoms with Gasteiger partial charge in [-0.1, -0.05) is 6.07 Å². The second-order valence-electron chi connectivity index (χ2n) is 6.55. The van der Waals surface area contributed by atoms with Crippen molar-refractivity contribution in [1.29, 1.82) is 0 Å². The van der Waals surface area contributed by atoms with E-state index >= 15 is 0 Å². The van der Waals surface area contributed by atoms with Crippen LogP contribution in [0.1, 0.15) is 5.56 Å². The SMILES string of the molecule is CN[C@H]1CN(c2ccc3c(n2)N(c2nccs2)C=C(C(=O)O)C3)C[C@@H]1OC. The molecule has 27 heavy (non-hydrogen) atoms. The van der Waals surface area contributed by atoms with Crippen LogP contribution in [0.15, 0.2) is 35.5 Å². The molecule has 2 aliphatic rings. The Kier molecular flexibility index (Phi) is 4.81. The Hall–Kier alpha value is -2.49. The summed E-state index contributed by atoms with van der Waals surface area (Å²) in [4.78, 5) is 24.7. The van der Waals surface area contributed by atoms with Crippen LogP contribution in [-0.4, -0.2) is 60.4 Å². The van der Waals surface area contributed by atoms with Crippen LogP contribution in [0.5, 0.6) is 0 Å². The van der Waals surface area contributed by atoms with Gasteiger partial charge in [-0.15, -0.1) is 11.3 Å². The first kappa shape index (κ1) is 17.9. The normalized spacial score (nSPS) is 21.9. The Bertz CT molecular complexity index is 858. The van der Waals surface area contributed by atoms with E-state index in [0.717, 1.165) is 30.3 Å². The van der Waals surface area contributed by atoms with E-state index in [1.54, 1.807) is 24.4 Å². The molecular formula is C18H21N5O3S. The first-order chi connectivity index (χ1) is 13.1. The summed E-state index contributed by atoms with van der Waals surface area (Å²) < 4.78 is 5.57. The average molecular weight is 387 g/mol. The van der Waals surface area contributed by atoms with Crippen molar-refractivity contribution in [3.05, 3.63) is 41.0 Å². The van der Waals surface area contributed by atoms with Crippen molar-refractivity contribution in [2.45, 2.75) is 18.6 Å². The van der Waals surface area contributed by atoms with E-state index in [0.29, 0.717) is 17.1 Å². The fraction of sp³-hybridized carbons (Fsp3) is 0.389. The van der Waals surface area contributed by atoms with Crippen LogP contribution < -0.4 is 15.1 Å². The standard InChI is InChI=1S/C18H21N5O3S/c1-19-13-9-22(10-14(13)26-2)15-4-3-11-7-12(17(24)25)8-23(16(11)21-15)18-20-5-6-27-18/h3-6,8,13-14,19H,7,9-10H2,1-2H3,(H,24,25)/t13-,14-/m0/s1. The second-order valence-corrected chi connectivity index (χ2v) is 7.42. The number of nitrogens with one attached hydrogen (secondary N) is 1. The number of carbonyl (C=O) groups is 1. The number of hydrogen-bond donors (Lipinski definition) is 2. The van der Waals surface area contributed by atoms with Gasteiger partial charge in [0.1, 0.15) is 11.6 Å². The van der Waals surface area contributed by atoms with Gasteiger partial charge in [-0.3, -0.25) is 4.90 Å². The molecule has 142 valence electrons. The highest BCUT2D eigenvalue weighted by molar-refractivity contribution is 7.13. The molecule has 8 nitrogen and oxygen atoms in total. The zero-order valence-electron chi connectivity index (χ0n) is 15.1. The van der Waals surface area contributed by atoms with E-state index < -0.39 is 5.97 Å². The third-order valence-electron chi connectivity index (χ3n) is 5.00. The molecule has 4 heterocycles. The number of pyridine rings is 1. The number of methoxy groups -OCH3 is 1. The number of ether oxygens (including phenoxy) is 1. The Labute approximate surface area is 161 Å². The van der Waals surface area contributed by atoms with Gasteiger partial charge in [0.05, 0.1) is 17.7 Å². The fourth-order valence-electron chi connectivity index (χ4n) is 3.55. The van der Waals surface area contributed by atoms with E-state index in [1.807, 2.05) is 24.6 Å². The van der Waals surface area contributed by atoms with Gasteiger partial charge in [-0.2, -0.15) is 0 Å². The van der Waals surface area contributed by atoms with Gasteiger partial charge in [0.25, 0.3) is 0 Å². The molecule has 1 fully saturated rings. The molecule has 2 aromatic heterocycles. The van der Waals surface area contributed by atoms with Gasteiger partial charge in [0.15, 0.2) is 5.13 Å². The summed E-state index contributed by atoms with van der Waals surface area (Å²) >= 11 is 1.45. The maximum absolute atomic E-state index is 11.5. The Morgan fingerprint density at radius 3 is 2.89 bits per heavy atom. The molecular weight excluding hydrogens is 366 g/mol. The molecule has 2 atom stereocenters. The molecule has 0 saturated carbocycles. The number of carboxylic acids is 1. The number of hydrogen-bond acceptors (Lipinski definition) is 8. The van der Waals surface area contributed by atoms with E-state index in [4.69, 9.17) is 9.72 Å². The number of aromatic nitrogens is 2. The van der Waals surface area contributed by atoms with Crippen LogP contribution in [0.3, 0.4) is 0 Å². The highest BCUT2D eigenvalue weighted by atomic mass is 32.1. The molecule has 9 heteroatoms. The number of aliphatic carboxylic acids is 1.